The van der Waals surface area contributed by atoms with Crippen LogP contribution in [0.15, 0.2) is 16.7 Å². The first-order valence-electron chi connectivity index (χ1n) is 6.79. The van der Waals surface area contributed by atoms with Crippen LogP contribution >= 0.6 is 15.9 Å². The van der Waals surface area contributed by atoms with Crippen molar-refractivity contribution in [1.29, 1.82) is 0 Å². The topological polar surface area (TPSA) is 54.0 Å². The van der Waals surface area contributed by atoms with Gasteiger partial charge in [0.2, 0.25) is 0 Å². The highest BCUT2D eigenvalue weighted by atomic mass is 79.9. The molecule has 4 nitrogen and oxygen atoms in total. The standard InChI is InChI=1S/C14H20BrN3O/c1-3-4-16-13-12(6-11(15)8-17-13)14(19)18-7-10-5-9(10)2/h6,8-10H,3-5,7H2,1-2H3,(H,16,17)(H,18,19). The molecule has 1 aromatic heterocycles. The van der Waals surface area contributed by atoms with Crippen LogP contribution in [-0.4, -0.2) is 24.0 Å². The van der Waals surface area contributed by atoms with Crippen molar-refractivity contribution in [1.82, 2.24) is 10.3 Å². The number of halogens is 1. The maximum absolute atomic E-state index is 12.2. The molecule has 2 rings (SSSR count). The van der Waals surface area contributed by atoms with Crippen LogP contribution in [0.25, 0.3) is 0 Å². The first-order valence-corrected chi connectivity index (χ1v) is 7.58. The molecule has 0 bridgehead atoms. The lowest BCUT2D eigenvalue weighted by molar-refractivity contribution is 0.0952. The molecule has 1 fully saturated rings. The van der Waals surface area contributed by atoms with Crippen LogP contribution in [-0.2, 0) is 0 Å². The minimum atomic E-state index is -0.0495. The molecule has 0 radical (unpaired) electrons. The molecule has 0 aliphatic heterocycles. The predicted molar refractivity (Wildman–Crippen MR) is 80.3 cm³/mol. The first-order chi connectivity index (χ1) is 9.11. The van der Waals surface area contributed by atoms with Gasteiger partial charge in [-0.2, -0.15) is 0 Å². The second-order valence-electron chi connectivity index (χ2n) is 5.16. The van der Waals surface area contributed by atoms with Crippen molar-refractivity contribution in [2.75, 3.05) is 18.4 Å². The minimum Gasteiger partial charge on any atom is -0.369 e. The molecule has 1 aliphatic carbocycles. The molecule has 1 aromatic rings. The fourth-order valence-electron chi connectivity index (χ4n) is 2.00. The Morgan fingerprint density at radius 1 is 1.58 bits per heavy atom. The molecular weight excluding hydrogens is 306 g/mol. The van der Waals surface area contributed by atoms with Crippen LogP contribution in [0, 0.1) is 11.8 Å². The first kappa shape index (κ1) is 14.3. The second kappa shape index (κ2) is 6.37. The largest absolute Gasteiger partial charge is 0.369 e. The van der Waals surface area contributed by atoms with Gasteiger partial charge in [0, 0.05) is 23.8 Å². The number of hydrogen-bond acceptors (Lipinski definition) is 3. The Morgan fingerprint density at radius 3 is 2.95 bits per heavy atom. The van der Waals surface area contributed by atoms with Crippen LogP contribution in [0.2, 0.25) is 0 Å². The third-order valence-corrected chi connectivity index (χ3v) is 3.88. The molecule has 0 saturated heterocycles. The molecule has 1 aliphatic rings. The predicted octanol–water partition coefficient (Wildman–Crippen LogP) is 3.05. The van der Waals surface area contributed by atoms with Crippen molar-refractivity contribution >= 4 is 27.7 Å². The average molecular weight is 326 g/mol. The van der Waals surface area contributed by atoms with Crippen LogP contribution in [0.3, 0.4) is 0 Å². The monoisotopic (exact) mass is 325 g/mol. The van der Waals surface area contributed by atoms with Gasteiger partial charge in [0.05, 0.1) is 5.56 Å². The molecule has 2 N–H and O–H groups in total. The van der Waals surface area contributed by atoms with E-state index in [1.807, 2.05) is 6.07 Å². The summed E-state index contributed by atoms with van der Waals surface area (Å²) < 4.78 is 0.819. The average Bonchev–Trinajstić information content (AvgIpc) is 3.10. The number of anilines is 1. The van der Waals surface area contributed by atoms with Gasteiger partial charge < -0.3 is 10.6 Å². The number of amides is 1. The molecule has 1 saturated carbocycles. The van der Waals surface area contributed by atoms with E-state index in [-0.39, 0.29) is 5.91 Å². The number of rotatable bonds is 6. The van der Waals surface area contributed by atoms with Crippen molar-refractivity contribution in [3.05, 3.63) is 22.3 Å². The Bertz CT molecular complexity index is 464. The number of aromatic nitrogens is 1. The van der Waals surface area contributed by atoms with Gasteiger partial charge in [-0.15, -0.1) is 0 Å². The van der Waals surface area contributed by atoms with Gasteiger partial charge >= 0.3 is 0 Å². The highest BCUT2D eigenvalue weighted by Crippen LogP contribution is 2.36. The number of nitrogens with zero attached hydrogens (tertiary/aromatic N) is 1. The summed E-state index contributed by atoms with van der Waals surface area (Å²) in [5.74, 6) is 2.01. The van der Waals surface area contributed by atoms with E-state index in [4.69, 9.17) is 0 Å². The van der Waals surface area contributed by atoms with Crippen molar-refractivity contribution in [3.63, 3.8) is 0 Å². The second-order valence-corrected chi connectivity index (χ2v) is 6.08. The lowest BCUT2D eigenvalue weighted by Gasteiger charge is -2.11. The molecular formula is C14H20BrN3O. The zero-order valence-corrected chi connectivity index (χ0v) is 13.0. The molecule has 0 aromatic carbocycles. The molecule has 1 amide bonds. The number of carbonyl (C=O) groups excluding carboxylic acids is 1. The SMILES string of the molecule is CCCNc1ncc(Br)cc1C(=O)NCC1CC1C. The number of nitrogens with one attached hydrogen (secondary N) is 2. The zero-order chi connectivity index (χ0) is 13.8. The number of pyridine rings is 1. The Kier molecular flexibility index (Phi) is 4.80. The number of hydrogen-bond donors (Lipinski definition) is 2. The highest BCUT2D eigenvalue weighted by molar-refractivity contribution is 9.10. The van der Waals surface area contributed by atoms with E-state index in [0.717, 1.165) is 29.9 Å². The van der Waals surface area contributed by atoms with Crippen LogP contribution in [0.5, 0.6) is 0 Å². The van der Waals surface area contributed by atoms with Crippen LogP contribution in [0.1, 0.15) is 37.0 Å². The van der Waals surface area contributed by atoms with Gasteiger partial charge in [-0.25, -0.2) is 4.98 Å². The Hall–Kier alpha value is -1.10. The summed E-state index contributed by atoms with van der Waals surface area (Å²) in [4.78, 5) is 16.5. The van der Waals surface area contributed by atoms with Crippen molar-refractivity contribution < 1.29 is 4.79 Å². The van der Waals surface area contributed by atoms with E-state index in [2.05, 4.69) is 45.4 Å². The molecule has 0 spiro atoms. The quantitative estimate of drug-likeness (QED) is 0.845. The molecule has 104 valence electrons. The van der Waals surface area contributed by atoms with Crippen molar-refractivity contribution in [2.45, 2.75) is 26.7 Å². The molecule has 19 heavy (non-hydrogen) atoms. The fraction of sp³-hybridized carbons (Fsp3) is 0.571. The molecule has 5 heteroatoms. The smallest absolute Gasteiger partial charge is 0.255 e. The van der Waals surface area contributed by atoms with E-state index >= 15 is 0 Å². The van der Waals surface area contributed by atoms with E-state index in [9.17, 15) is 4.79 Å². The molecule has 2 atom stereocenters. The van der Waals surface area contributed by atoms with Crippen LogP contribution < -0.4 is 10.6 Å². The summed E-state index contributed by atoms with van der Waals surface area (Å²) in [6.07, 6.45) is 3.92. The highest BCUT2D eigenvalue weighted by Gasteiger charge is 2.32. The van der Waals surface area contributed by atoms with Gasteiger partial charge in [-0.3, -0.25) is 4.79 Å². The van der Waals surface area contributed by atoms with E-state index in [0.29, 0.717) is 17.3 Å². The lowest BCUT2D eigenvalue weighted by atomic mass is 10.2. The Morgan fingerprint density at radius 2 is 2.32 bits per heavy atom. The summed E-state index contributed by atoms with van der Waals surface area (Å²) in [5, 5.41) is 6.19. The van der Waals surface area contributed by atoms with E-state index in [1.165, 1.54) is 6.42 Å². The third kappa shape index (κ3) is 3.93. The summed E-state index contributed by atoms with van der Waals surface area (Å²) in [7, 11) is 0. The third-order valence-electron chi connectivity index (χ3n) is 3.44. The Balaban J connectivity index is 2.02. The lowest BCUT2D eigenvalue weighted by Crippen LogP contribution is -2.27. The summed E-state index contributed by atoms with van der Waals surface area (Å²) in [5.41, 5.74) is 0.608. The van der Waals surface area contributed by atoms with E-state index in [1.54, 1.807) is 6.20 Å². The van der Waals surface area contributed by atoms with Gasteiger partial charge in [0.1, 0.15) is 5.82 Å². The van der Waals surface area contributed by atoms with Crippen LogP contribution in [0.4, 0.5) is 5.82 Å². The van der Waals surface area contributed by atoms with Crippen molar-refractivity contribution in [3.8, 4) is 0 Å². The Labute approximate surface area is 122 Å². The number of carbonyl (C=O) groups is 1. The van der Waals surface area contributed by atoms with Gasteiger partial charge in [0.15, 0.2) is 0 Å². The maximum Gasteiger partial charge on any atom is 0.255 e. The van der Waals surface area contributed by atoms with Gasteiger partial charge in [-0.05, 0) is 46.7 Å². The normalized spacial score (nSPS) is 21.0. The molecule has 2 unspecified atom stereocenters. The fourth-order valence-corrected chi connectivity index (χ4v) is 2.33. The maximum atomic E-state index is 12.2. The van der Waals surface area contributed by atoms with E-state index < -0.39 is 0 Å². The van der Waals surface area contributed by atoms with Gasteiger partial charge in [0.25, 0.3) is 5.91 Å². The minimum absolute atomic E-state index is 0.0495. The summed E-state index contributed by atoms with van der Waals surface area (Å²) >= 11 is 3.36. The van der Waals surface area contributed by atoms with Crippen molar-refractivity contribution in [2.24, 2.45) is 11.8 Å². The molecule has 1 heterocycles. The van der Waals surface area contributed by atoms with Gasteiger partial charge in [-0.1, -0.05) is 13.8 Å². The summed E-state index contributed by atoms with van der Waals surface area (Å²) in [6.45, 7) is 5.88. The zero-order valence-electron chi connectivity index (χ0n) is 11.4. The summed E-state index contributed by atoms with van der Waals surface area (Å²) in [6, 6.07) is 1.82.